The van der Waals surface area contributed by atoms with Crippen LogP contribution in [0, 0.1) is 12.3 Å². The fraction of sp³-hybridized carbons (Fsp3) is 0.280. The number of nitrogens with two attached hydrogens (primary N) is 1. The van der Waals surface area contributed by atoms with E-state index in [1.54, 1.807) is 24.0 Å². The number of pyridine rings is 1. The second kappa shape index (κ2) is 11.6. The Morgan fingerprint density at radius 3 is 2.39 bits per heavy atom. The van der Waals surface area contributed by atoms with E-state index < -0.39 is 12.0 Å². The first-order chi connectivity index (χ1) is 15.8. The van der Waals surface area contributed by atoms with Crippen LogP contribution >= 0.6 is 0 Å². The first-order valence-corrected chi connectivity index (χ1v) is 10.6. The standard InChI is InChI=1S/C18H14N4O.C5H9NO2.C2H6/c1-3-12-5-4-6-13(9-12)15-10-14(11-16(21-15)18(19)23)17-7-8-20-22(17)2;1-6-3-2-4(7)5(6)8;1-2/h1,4-11H,2H3,(H2,19,23);4,7H,2-3H2,1H3;1-2H3. The molecule has 3 heterocycles. The van der Waals surface area contributed by atoms with Crippen LogP contribution in [0.15, 0.2) is 48.7 Å². The minimum atomic E-state index is -0.722. The molecule has 1 fully saturated rings. The quantitative estimate of drug-likeness (QED) is 0.599. The van der Waals surface area contributed by atoms with Crippen LogP contribution in [0.3, 0.4) is 0 Å². The Kier molecular flexibility index (Phi) is 8.89. The zero-order chi connectivity index (χ0) is 24.5. The fourth-order valence-electron chi connectivity index (χ4n) is 3.18. The molecular weight excluding hydrogens is 418 g/mol. The SMILES string of the molecule is C#Cc1cccc(-c2cc(-c3ccnn3C)cc(C(N)=O)n2)c1.CC.CN1CCC(O)C1=O. The number of aryl methyl sites for hydroxylation is 1. The molecule has 1 saturated heterocycles. The second-order valence-electron chi connectivity index (χ2n) is 7.12. The highest BCUT2D eigenvalue weighted by atomic mass is 16.3. The first-order valence-electron chi connectivity index (χ1n) is 10.6. The van der Waals surface area contributed by atoms with Gasteiger partial charge in [0.05, 0.1) is 11.4 Å². The Balaban J connectivity index is 0.000000323. The highest BCUT2D eigenvalue weighted by Gasteiger charge is 2.26. The summed E-state index contributed by atoms with van der Waals surface area (Å²) in [7, 11) is 3.52. The van der Waals surface area contributed by atoms with Gasteiger partial charge in [-0.3, -0.25) is 14.3 Å². The largest absolute Gasteiger partial charge is 0.383 e. The molecule has 3 aromatic rings. The molecule has 2 amide bonds. The van der Waals surface area contributed by atoms with Gasteiger partial charge in [0.25, 0.3) is 11.8 Å². The average Bonchev–Trinajstić information content (AvgIpc) is 3.40. The second-order valence-corrected chi connectivity index (χ2v) is 7.12. The molecule has 2 aromatic heterocycles. The van der Waals surface area contributed by atoms with Crippen molar-refractivity contribution < 1.29 is 14.7 Å². The summed E-state index contributed by atoms with van der Waals surface area (Å²) in [6, 6.07) is 12.8. The van der Waals surface area contributed by atoms with Gasteiger partial charge in [0.1, 0.15) is 11.8 Å². The number of likely N-dealkylation sites (N-methyl/N-ethyl adjacent to an activating group) is 1. The molecular formula is C25H29N5O3. The van der Waals surface area contributed by atoms with Crippen LogP contribution < -0.4 is 5.73 Å². The van der Waals surface area contributed by atoms with Gasteiger partial charge in [0.15, 0.2) is 0 Å². The summed E-state index contributed by atoms with van der Waals surface area (Å²) < 4.78 is 1.72. The monoisotopic (exact) mass is 447 g/mol. The van der Waals surface area contributed by atoms with Crippen LogP contribution in [-0.4, -0.2) is 56.3 Å². The number of likely N-dealkylation sites (tertiary alicyclic amines) is 1. The van der Waals surface area contributed by atoms with Crippen LogP contribution in [0.25, 0.3) is 22.5 Å². The lowest BCUT2D eigenvalue weighted by Gasteiger charge is -2.08. The van der Waals surface area contributed by atoms with Gasteiger partial charge in [0, 0.05) is 43.5 Å². The lowest BCUT2D eigenvalue weighted by atomic mass is 10.0. The molecule has 0 spiro atoms. The van der Waals surface area contributed by atoms with Gasteiger partial charge in [-0.15, -0.1) is 6.42 Å². The molecule has 172 valence electrons. The third-order valence-corrected chi connectivity index (χ3v) is 4.92. The van der Waals surface area contributed by atoms with E-state index in [-0.39, 0.29) is 11.6 Å². The number of nitrogens with zero attached hydrogens (tertiary/aromatic N) is 4. The zero-order valence-electron chi connectivity index (χ0n) is 19.3. The van der Waals surface area contributed by atoms with Crippen LogP contribution in [0.5, 0.6) is 0 Å². The maximum absolute atomic E-state index is 11.6. The molecule has 3 N–H and O–H groups in total. The van der Waals surface area contributed by atoms with Crippen molar-refractivity contribution in [3.8, 4) is 34.9 Å². The Morgan fingerprint density at radius 1 is 1.18 bits per heavy atom. The maximum Gasteiger partial charge on any atom is 0.267 e. The number of primary amides is 1. The van der Waals surface area contributed by atoms with E-state index in [2.05, 4.69) is 16.0 Å². The molecule has 8 nitrogen and oxygen atoms in total. The third kappa shape index (κ3) is 6.28. The van der Waals surface area contributed by atoms with Crippen molar-refractivity contribution in [3.63, 3.8) is 0 Å². The molecule has 1 unspecified atom stereocenters. The number of terminal acetylenes is 1. The zero-order valence-corrected chi connectivity index (χ0v) is 19.3. The van der Waals surface area contributed by atoms with Crippen LogP contribution in [0.4, 0.5) is 0 Å². The molecule has 0 bridgehead atoms. The molecule has 1 atom stereocenters. The Morgan fingerprint density at radius 2 is 1.91 bits per heavy atom. The molecule has 33 heavy (non-hydrogen) atoms. The molecule has 0 aliphatic carbocycles. The number of aromatic nitrogens is 3. The van der Waals surface area contributed by atoms with Crippen LogP contribution in [0.1, 0.15) is 36.3 Å². The number of hydrogen-bond donors (Lipinski definition) is 2. The van der Waals surface area contributed by atoms with E-state index in [4.69, 9.17) is 17.3 Å². The summed E-state index contributed by atoms with van der Waals surface area (Å²) >= 11 is 0. The van der Waals surface area contributed by atoms with Crippen molar-refractivity contribution in [2.75, 3.05) is 13.6 Å². The number of amides is 2. The molecule has 4 rings (SSSR count). The van der Waals surface area contributed by atoms with Crippen molar-refractivity contribution in [3.05, 3.63) is 59.9 Å². The Bertz CT molecular complexity index is 1150. The van der Waals surface area contributed by atoms with Gasteiger partial charge in [-0.25, -0.2) is 4.98 Å². The van der Waals surface area contributed by atoms with Crippen LogP contribution in [0.2, 0.25) is 0 Å². The lowest BCUT2D eigenvalue weighted by Crippen LogP contribution is -2.24. The number of carbonyl (C=O) groups excluding carboxylic acids is 2. The summed E-state index contributed by atoms with van der Waals surface area (Å²) in [5, 5.41) is 12.9. The minimum Gasteiger partial charge on any atom is -0.383 e. The number of rotatable bonds is 3. The normalized spacial score (nSPS) is 14.5. The summed E-state index contributed by atoms with van der Waals surface area (Å²) in [6.45, 7) is 4.69. The van der Waals surface area contributed by atoms with Crippen molar-refractivity contribution in [2.45, 2.75) is 26.4 Å². The number of hydrogen-bond acceptors (Lipinski definition) is 5. The van der Waals surface area contributed by atoms with Gasteiger partial charge in [-0.2, -0.15) is 5.10 Å². The van der Waals surface area contributed by atoms with E-state index >= 15 is 0 Å². The van der Waals surface area contributed by atoms with E-state index in [0.29, 0.717) is 18.7 Å². The van der Waals surface area contributed by atoms with Crippen molar-refractivity contribution in [1.82, 2.24) is 19.7 Å². The van der Waals surface area contributed by atoms with E-state index in [1.165, 1.54) is 4.90 Å². The molecule has 1 aliphatic rings. The maximum atomic E-state index is 11.6. The molecule has 1 aromatic carbocycles. The van der Waals surface area contributed by atoms with Crippen molar-refractivity contribution in [2.24, 2.45) is 12.8 Å². The smallest absolute Gasteiger partial charge is 0.267 e. The molecule has 8 heteroatoms. The minimum absolute atomic E-state index is 0.148. The Labute approximate surface area is 194 Å². The summed E-state index contributed by atoms with van der Waals surface area (Å²) in [5.74, 6) is 1.86. The lowest BCUT2D eigenvalue weighted by molar-refractivity contribution is -0.133. The van der Waals surface area contributed by atoms with Gasteiger partial charge >= 0.3 is 0 Å². The van der Waals surface area contributed by atoms with Crippen molar-refractivity contribution >= 4 is 11.8 Å². The van der Waals surface area contributed by atoms with Gasteiger partial charge in [0.2, 0.25) is 0 Å². The summed E-state index contributed by atoms with van der Waals surface area (Å²) in [5.41, 5.74) is 9.51. The van der Waals surface area contributed by atoms with E-state index in [9.17, 15) is 9.59 Å². The van der Waals surface area contributed by atoms with Crippen molar-refractivity contribution in [1.29, 1.82) is 0 Å². The highest BCUT2D eigenvalue weighted by Crippen LogP contribution is 2.26. The topological polar surface area (TPSA) is 114 Å². The van der Waals surface area contributed by atoms with Gasteiger partial charge in [-0.05, 0) is 36.8 Å². The number of benzene rings is 1. The molecule has 1 aliphatic heterocycles. The molecule has 0 radical (unpaired) electrons. The molecule has 0 saturated carbocycles. The third-order valence-electron chi connectivity index (χ3n) is 4.92. The van der Waals surface area contributed by atoms with E-state index in [1.807, 2.05) is 57.3 Å². The average molecular weight is 448 g/mol. The number of carbonyl (C=O) groups is 2. The van der Waals surface area contributed by atoms with Gasteiger partial charge in [-0.1, -0.05) is 31.9 Å². The Hall–Kier alpha value is -3.96. The fourth-order valence-corrected chi connectivity index (χ4v) is 3.18. The van der Waals surface area contributed by atoms with E-state index in [0.717, 1.165) is 22.4 Å². The highest BCUT2D eigenvalue weighted by molar-refractivity contribution is 5.93. The summed E-state index contributed by atoms with van der Waals surface area (Å²) in [4.78, 5) is 28.1. The van der Waals surface area contributed by atoms with Gasteiger partial charge < -0.3 is 15.7 Å². The van der Waals surface area contributed by atoms with Crippen LogP contribution in [-0.2, 0) is 11.8 Å². The number of aliphatic hydroxyl groups excluding tert-OH is 1. The predicted molar refractivity (Wildman–Crippen MR) is 128 cm³/mol. The first kappa shape index (κ1) is 25.3. The number of aliphatic hydroxyl groups is 1. The predicted octanol–water partition coefficient (Wildman–Crippen LogP) is 2.46. The summed E-state index contributed by atoms with van der Waals surface area (Å²) in [6.07, 6.45) is 7.01.